The summed E-state index contributed by atoms with van der Waals surface area (Å²) < 4.78 is 0. The van der Waals surface area contributed by atoms with Gasteiger partial charge in [0.2, 0.25) is 0 Å². The average Bonchev–Trinajstić information content (AvgIpc) is 3.15. The molecule has 0 heterocycles. The van der Waals surface area contributed by atoms with Crippen LogP contribution >= 0.6 is 24.0 Å². The molecule has 0 aromatic heterocycles. The first-order valence-electron chi connectivity index (χ1n) is 7.74. The van der Waals surface area contributed by atoms with Crippen LogP contribution in [0.25, 0.3) is 0 Å². The van der Waals surface area contributed by atoms with E-state index in [-0.39, 0.29) is 24.0 Å². The van der Waals surface area contributed by atoms with Crippen molar-refractivity contribution < 1.29 is 0 Å². The predicted molar refractivity (Wildman–Crippen MR) is 99.1 cm³/mol. The molecule has 0 saturated heterocycles. The van der Waals surface area contributed by atoms with Gasteiger partial charge in [0.05, 0.1) is 0 Å². The molecule has 0 spiro atoms. The molecule has 2 N–H and O–H groups in total. The van der Waals surface area contributed by atoms with Gasteiger partial charge in [0, 0.05) is 38.8 Å². The van der Waals surface area contributed by atoms with E-state index in [1.165, 1.54) is 19.3 Å². The molecule has 0 aromatic carbocycles. The zero-order valence-corrected chi connectivity index (χ0v) is 16.1. The Morgan fingerprint density at radius 1 is 1.15 bits per heavy atom. The summed E-state index contributed by atoms with van der Waals surface area (Å²) in [4.78, 5) is 6.85. The number of halogens is 1. The normalized spacial score (nSPS) is 15.7. The van der Waals surface area contributed by atoms with Gasteiger partial charge in [0.25, 0.3) is 0 Å². The van der Waals surface area contributed by atoms with Gasteiger partial charge in [-0.05, 0) is 39.0 Å². The van der Waals surface area contributed by atoms with Crippen molar-refractivity contribution in [3.8, 4) is 0 Å². The Kier molecular flexibility index (Phi) is 10.6. The molecule has 1 aliphatic carbocycles. The van der Waals surface area contributed by atoms with Crippen LogP contribution in [0.2, 0.25) is 0 Å². The van der Waals surface area contributed by atoms with Gasteiger partial charge in [0.15, 0.2) is 5.96 Å². The van der Waals surface area contributed by atoms with Crippen molar-refractivity contribution in [3.05, 3.63) is 0 Å². The van der Waals surface area contributed by atoms with E-state index < -0.39 is 0 Å². The summed E-state index contributed by atoms with van der Waals surface area (Å²) in [6.07, 6.45) is 3.93. The zero-order chi connectivity index (χ0) is 14.3. The fourth-order valence-electron chi connectivity index (χ4n) is 2.27. The van der Waals surface area contributed by atoms with Crippen LogP contribution in [0.4, 0.5) is 0 Å². The van der Waals surface area contributed by atoms with Crippen molar-refractivity contribution in [2.75, 3.05) is 26.7 Å². The second kappa shape index (κ2) is 10.7. The fraction of sp³-hybridized carbons (Fsp3) is 0.933. The zero-order valence-electron chi connectivity index (χ0n) is 13.8. The van der Waals surface area contributed by atoms with Crippen molar-refractivity contribution in [2.45, 2.75) is 59.0 Å². The molecule has 1 saturated carbocycles. The Morgan fingerprint density at radius 3 is 2.20 bits per heavy atom. The van der Waals surface area contributed by atoms with Crippen molar-refractivity contribution in [1.29, 1.82) is 0 Å². The first-order chi connectivity index (χ1) is 9.04. The number of hydrogen-bond acceptors (Lipinski definition) is 2. The lowest BCUT2D eigenvalue weighted by Crippen LogP contribution is -2.44. The summed E-state index contributed by atoms with van der Waals surface area (Å²) in [6, 6.07) is 1.47. The molecule has 0 amide bonds. The minimum absolute atomic E-state index is 0. The van der Waals surface area contributed by atoms with E-state index in [1.807, 2.05) is 7.05 Å². The number of nitrogens with zero attached hydrogens (tertiary/aromatic N) is 2. The van der Waals surface area contributed by atoms with Gasteiger partial charge in [-0.1, -0.05) is 13.8 Å². The van der Waals surface area contributed by atoms with Crippen molar-refractivity contribution >= 4 is 29.9 Å². The van der Waals surface area contributed by atoms with Crippen LogP contribution in [-0.2, 0) is 0 Å². The van der Waals surface area contributed by atoms with E-state index >= 15 is 0 Å². The predicted octanol–water partition coefficient (Wildman–Crippen LogP) is 2.69. The third-order valence-corrected chi connectivity index (χ3v) is 3.58. The van der Waals surface area contributed by atoms with Crippen molar-refractivity contribution in [3.63, 3.8) is 0 Å². The highest BCUT2D eigenvalue weighted by atomic mass is 127. The molecule has 0 radical (unpaired) electrons. The van der Waals surface area contributed by atoms with Gasteiger partial charge in [0.1, 0.15) is 0 Å². The standard InChI is InChI=1S/C15H32N4.HI/c1-12(2)8-9-17-15(16-5)18-10-11-19(13(3)4)14-6-7-14;/h12-14H,6-11H2,1-5H3,(H2,16,17,18);1H. The highest BCUT2D eigenvalue weighted by Gasteiger charge is 2.29. The van der Waals surface area contributed by atoms with Gasteiger partial charge in [-0.25, -0.2) is 0 Å². The lowest BCUT2D eigenvalue weighted by atomic mass is 10.1. The van der Waals surface area contributed by atoms with Gasteiger partial charge in [-0.15, -0.1) is 24.0 Å². The highest BCUT2D eigenvalue weighted by molar-refractivity contribution is 14.0. The summed E-state index contributed by atoms with van der Waals surface area (Å²) in [6.45, 7) is 12.1. The second-order valence-electron chi connectivity index (χ2n) is 6.17. The van der Waals surface area contributed by atoms with Crippen LogP contribution in [-0.4, -0.2) is 49.6 Å². The van der Waals surface area contributed by atoms with Gasteiger partial charge >= 0.3 is 0 Å². The Morgan fingerprint density at radius 2 is 1.75 bits per heavy atom. The molecule has 4 nitrogen and oxygen atoms in total. The van der Waals surface area contributed by atoms with E-state index in [0.29, 0.717) is 6.04 Å². The maximum Gasteiger partial charge on any atom is 0.191 e. The van der Waals surface area contributed by atoms with Crippen LogP contribution in [0, 0.1) is 5.92 Å². The number of rotatable bonds is 8. The molecule has 0 atom stereocenters. The molecule has 120 valence electrons. The van der Waals surface area contributed by atoms with Gasteiger partial charge in [-0.3, -0.25) is 9.89 Å². The van der Waals surface area contributed by atoms with Crippen molar-refractivity contribution in [2.24, 2.45) is 10.9 Å². The second-order valence-corrected chi connectivity index (χ2v) is 6.17. The quantitative estimate of drug-likeness (QED) is 0.377. The summed E-state index contributed by atoms with van der Waals surface area (Å²) in [5, 5.41) is 6.78. The summed E-state index contributed by atoms with van der Waals surface area (Å²) in [5.41, 5.74) is 0. The monoisotopic (exact) mass is 396 g/mol. The van der Waals surface area contributed by atoms with E-state index in [1.54, 1.807) is 0 Å². The van der Waals surface area contributed by atoms with E-state index in [9.17, 15) is 0 Å². The molecule has 1 fully saturated rings. The Bertz CT molecular complexity index is 273. The molecule has 5 heteroatoms. The average molecular weight is 396 g/mol. The Balaban J connectivity index is 0.00000361. The highest BCUT2D eigenvalue weighted by Crippen LogP contribution is 2.27. The molecule has 1 aliphatic rings. The minimum Gasteiger partial charge on any atom is -0.356 e. The minimum atomic E-state index is 0. The maximum absolute atomic E-state index is 4.26. The van der Waals surface area contributed by atoms with E-state index in [2.05, 4.69) is 48.2 Å². The third kappa shape index (κ3) is 8.29. The summed E-state index contributed by atoms with van der Waals surface area (Å²) >= 11 is 0. The Hall–Kier alpha value is -0.0400. The maximum atomic E-state index is 4.26. The number of guanidine groups is 1. The Labute approximate surface area is 142 Å². The first kappa shape index (κ1) is 20.0. The molecule has 0 unspecified atom stereocenters. The molecular weight excluding hydrogens is 363 g/mol. The van der Waals surface area contributed by atoms with Crippen LogP contribution in [0.15, 0.2) is 4.99 Å². The first-order valence-corrected chi connectivity index (χ1v) is 7.74. The lowest BCUT2D eigenvalue weighted by molar-refractivity contribution is 0.215. The molecule has 20 heavy (non-hydrogen) atoms. The number of nitrogens with one attached hydrogen (secondary N) is 2. The molecule has 0 aromatic rings. The molecule has 1 rings (SSSR count). The fourth-order valence-corrected chi connectivity index (χ4v) is 2.27. The number of aliphatic imine (C=N–C) groups is 1. The van der Waals surface area contributed by atoms with Crippen LogP contribution in [0.3, 0.4) is 0 Å². The number of hydrogen-bond donors (Lipinski definition) is 2. The SMILES string of the molecule is CN=C(NCCC(C)C)NCCN(C(C)C)C1CC1.I. The topological polar surface area (TPSA) is 39.7 Å². The van der Waals surface area contributed by atoms with Crippen molar-refractivity contribution in [1.82, 2.24) is 15.5 Å². The molecule has 0 aliphatic heterocycles. The van der Waals surface area contributed by atoms with Crippen LogP contribution < -0.4 is 10.6 Å². The lowest BCUT2D eigenvalue weighted by Gasteiger charge is -2.26. The smallest absolute Gasteiger partial charge is 0.191 e. The van der Waals surface area contributed by atoms with Gasteiger partial charge < -0.3 is 10.6 Å². The summed E-state index contributed by atoms with van der Waals surface area (Å²) in [7, 11) is 1.84. The third-order valence-electron chi connectivity index (χ3n) is 3.58. The van der Waals surface area contributed by atoms with Crippen LogP contribution in [0.1, 0.15) is 47.0 Å². The van der Waals surface area contributed by atoms with E-state index in [4.69, 9.17) is 0 Å². The molecular formula is C15H33IN4. The van der Waals surface area contributed by atoms with Crippen LogP contribution in [0.5, 0.6) is 0 Å². The van der Waals surface area contributed by atoms with E-state index in [0.717, 1.165) is 37.6 Å². The molecule has 0 bridgehead atoms. The largest absolute Gasteiger partial charge is 0.356 e. The summed E-state index contributed by atoms with van der Waals surface area (Å²) in [5.74, 6) is 1.66. The van der Waals surface area contributed by atoms with Gasteiger partial charge in [-0.2, -0.15) is 0 Å².